The standard InChI is InChI=1S/C16H23N7O/c24-16(17-13-4-2-1-3-5-13)12-8-10-22(11-9-12)15-7-6-14-18-20-21-23(14)19-15/h6-7,12-13H,1-5,8-11H2,(H,17,24). The van der Waals surface area contributed by atoms with Crippen molar-refractivity contribution in [3.8, 4) is 0 Å². The molecular weight excluding hydrogens is 306 g/mol. The first-order chi connectivity index (χ1) is 11.8. The quantitative estimate of drug-likeness (QED) is 0.910. The number of nitrogens with zero attached hydrogens (tertiary/aromatic N) is 6. The average Bonchev–Trinajstić information content (AvgIpc) is 3.10. The maximum Gasteiger partial charge on any atom is 0.223 e. The molecule has 0 unspecified atom stereocenters. The summed E-state index contributed by atoms with van der Waals surface area (Å²) in [6.45, 7) is 1.67. The van der Waals surface area contributed by atoms with Crippen LogP contribution in [0, 0.1) is 5.92 Å². The second-order valence-corrected chi connectivity index (χ2v) is 6.82. The summed E-state index contributed by atoms with van der Waals surface area (Å²) >= 11 is 0. The van der Waals surface area contributed by atoms with E-state index in [1.54, 1.807) is 0 Å². The van der Waals surface area contributed by atoms with Crippen LogP contribution in [-0.4, -0.2) is 50.3 Å². The normalized spacial score (nSPS) is 20.4. The van der Waals surface area contributed by atoms with Gasteiger partial charge in [-0.2, -0.15) is 0 Å². The van der Waals surface area contributed by atoms with E-state index in [4.69, 9.17) is 0 Å². The number of tetrazole rings is 1. The molecular formula is C16H23N7O. The Morgan fingerprint density at radius 2 is 1.88 bits per heavy atom. The fourth-order valence-corrected chi connectivity index (χ4v) is 3.75. The lowest BCUT2D eigenvalue weighted by atomic mass is 9.92. The van der Waals surface area contributed by atoms with Crippen LogP contribution in [0.25, 0.3) is 5.65 Å². The lowest BCUT2D eigenvalue weighted by Crippen LogP contribution is -2.44. The minimum absolute atomic E-state index is 0.125. The van der Waals surface area contributed by atoms with Crippen molar-refractivity contribution in [1.29, 1.82) is 0 Å². The van der Waals surface area contributed by atoms with E-state index in [1.807, 2.05) is 12.1 Å². The summed E-state index contributed by atoms with van der Waals surface area (Å²) in [6, 6.07) is 4.20. The lowest BCUT2D eigenvalue weighted by molar-refractivity contribution is -0.126. The summed E-state index contributed by atoms with van der Waals surface area (Å²) in [4.78, 5) is 14.7. The van der Waals surface area contributed by atoms with Gasteiger partial charge >= 0.3 is 0 Å². The molecule has 0 aromatic carbocycles. The molecule has 8 heteroatoms. The monoisotopic (exact) mass is 329 g/mol. The second kappa shape index (κ2) is 6.70. The number of hydrogen-bond acceptors (Lipinski definition) is 6. The molecule has 1 amide bonds. The van der Waals surface area contributed by atoms with E-state index in [-0.39, 0.29) is 11.8 Å². The third kappa shape index (κ3) is 3.18. The van der Waals surface area contributed by atoms with Crippen molar-refractivity contribution in [1.82, 2.24) is 30.6 Å². The number of amides is 1. The number of anilines is 1. The number of hydrogen-bond donors (Lipinski definition) is 1. The number of rotatable bonds is 3. The fraction of sp³-hybridized carbons (Fsp3) is 0.688. The third-order valence-electron chi connectivity index (χ3n) is 5.20. The predicted octanol–water partition coefficient (Wildman–Crippen LogP) is 1.18. The van der Waals surface area contributed by atoms with Crippen molar-refractivity contribution >= 4 is 17.4 Å². The van der Waals surface area contributed by atoms with E-state index < -0.39 is 0 Å². The Morgan fingerprint density at radius 3 is 2.67 bits per heavy atom. The maximum absolute atomic E-state index is 12.5. The molecule has 2 fully saturated rings. The minimum atomic E-state index is 0.125. The van der Waals surface area contributed by atoms with Gasteiger partial charge in [-0.05, 0) is 48.2 Å². The summed E-state index contributed by atoms with van der Waals surface area (Å²) in [5.41, 5.74) is 0.639. The molecule has 2 aliphatic rings. The third-order valence-corrected chi connectivity index (χ3v) is 5.20. The van der Waals surface area contributed by atoms with Gasteiger partial charge in [0, 0.05) is 25.0 Å². The molecule has 2 aromatic rings. The van der Waals surface area contributed by atoms with Crippen molar-refractivity contribution in [3.63, 3.8) is 0 Å². The molecule has 128 valence electrons. The smallest absolute Gasteiger partial charge is 0.223 e. The highest BCUT2D eigenvalue weighted by atomic mass is 16.1. The van der Waals surface area contributed by atoms with Crippen LogP contribution in [-0.2, 0) is 4.79 Å². The number of carbonyl (C=O) groups is 1. The number of aromatic nitrogens is 5. The first-order valence-electron chi connectivity index (χ1n) is 8.90. The molecule has 0 bridgehead atoms. The highest BCUT2D eigenvalue weighted by molar-refractivity contribution is 5.79. The van der Waals surface area contributed by atoms with Gasteiger partial charge in [0.1, 0.15) is 0 Å². The first kappa shape index (κ1) is 15.3. The molecule has 1 saturated carbocycles. The highest BCUT2D eigenvalue weighted by Gasteiger charge is 2.27. The highest BCUT2D eigenvalue weighted by Crippen LogP contribution is 2.23. The molecule has 1 aliphatic heterocycles. The predicted molar refractivity (Wildman–Crippen MR) is 88.5 cm³/mol. The van der Waals surface area contributed by atoms with Crippen LogP contribution in [0.2, 0.25) is 0 Å². The molecule has 24 heavy (non-hydrogen) atoms. The van der Waals surface area contributed by atoms with Gasteiger partial charge < -0.3 is 10.2 Å². The van der Waals surface area contributed by atoms with Gasteiger partial charge in [0.2, 0.25) is 5.91 Å². The van der Waals surface area contributed by atoms with Gasteiger partial charge in [-0.3, -0.25) is 4.79 Å². The van der Waals surface area contributed by atoms with E-state index in [2.05, 4.69) is 30.8 Å². The van der Waals surface area contributed by atoms with E-state index in [0.29, 0.717) is 11.7 Å². The van der Waals surface area contributed by atoms with E-state index >= 15 is 0 Å². The van der Waals surface area contributed by atoms with Gasteiger partial charge in [-0.1, -0.05) is 19.3 Å². The van der Waals surface area contributed by atoms with Crippen molar-refractivity contribution < 1.29 is 4.79 Å². The van der Waals surface area contributed by atoms with Gasteiger partial charge in [-0.25, -0.2) is 0 Å². The van der Waals surface area contributed by atoms with Crippen LogP contribution < -0.4 is 10.2 Å². The van der Waals surface area contributed by atoms with Crippen LogP contribution in [0.4, 0.5) is 5.82 Å². The van der Waals surface area contributed by atoms with Gasteiger partial charge in [-0.15, -0.1) is 14.8 Å². The molecule has 1 saturated heterocycles. The van der Waals surface area contributed by atoms with Crippen LogP contribution in [0.1, 0.15) is 44.9 Å². The Morgan fingerprint density at radius 1 is 1.08 bits per heavy atom. The van der Waals surface area contributed by atoms with Crippen LogP contribution in [0.15, 0.2) is 12.1 Å². The van der Waals surface area contributed by atoms with E-state index in [0.717, 1.165) is 44.6 Å². The zero-order valence-corrected chi connectivity index (χ0v) is 13.8. The number of carbonyl (C=O) groups excluding carboxylic acids is 1. The SMILES string of the molecule is O=C(NC1CCCCC1)C1CCN(c2ccc3nnnn3n2)CC1. The summed E-state index contributed by atoms with van der Waals surface area (Å²) in [5.74, 6) is 1.23. The van der Waals surface area contributed by atoms with Crippen molar-refractivity contribution in [2.24, 2.45) is 5.92 Å². The molecule has 2 aromatic heterocycles. The number of fused-ring (bicyclic) bond motifs is 1. The lowest BCUT2D eigenvalue weighted by Gasteiger charge is -2.33. The molecule has 3 heterocycles. The van der Waals surface area contributed by atoms with E-state index in [9.17, 15) is 4.79 Å². The zero-order valence-electron chi connectivity index (χ0n) is 13.8. The largest absolute Gasteiger partial charge is 0.355 e. The van der Waals surface area contributed by atoms with Crippen LogP contribution in [0.3, 0.4) is 0 Å². The molecule has 0 radical (unpaired) electrons. The summed E-state index contributed by atoms with van der Waals surface area (Å²) in [6.07, 6.45) is 7.81. The first-order valence-corrected chi connectivity index (χ1v) is 8.90. The van der Waals surface area contributed by atoms with Crippen molar-refractivity contribution in [2.45, 2.75) is 51.0 Å². The zero-order chi connectivity index (χ0) is 16.4. The van der Waals surface area contributed by atoms with Crippen molar-refractivity contribution in [3.05, 3.63) is 12.1 Å². The molecule has 4 rings (SSSR count). The molecule has 1 aliphatic carbocycles. The molecule has 0 spiro atoms. The fourth-order valence-electron chi connectivity index (χ4n) is 3.75. The molecule has 0 atom stereocenters. The Balaban J connectivity index is 1.33. The van der Waals surface area contributed by atoms with Crippen LogP contribution >= 0.6 is 0 Å². The Kier molecular flexibility index (Phi) is 4.27. The summed E-state index contributed by atoms with van der Waals surface area (Å²) < 4.78 is 1.44. The van der Waals surface area contributed by atoms with Crippen LogP contribution in [0.5, 0.6) is 0 Å². The Labute approximate surface area is 140 Å². The van der Waals surface area contributed by atoms with Crippen molar-refractivity contribution in [2.75, 3.05) is 18.0 Å². The topological polar surface area (TPSA) is 88.3 Å². The van der Waals surface area contributed by atoms with Gasteiger partial charge in [0.15, 0.2) is 11.5 Å². The average molecular weight is 329 g/mol. The molecule has 8 nitrogen and oxygen atoms in total. The number of nitrogens with one attached hydrogen (secondary N) is 1. The summed E-state index contributed by atoms with van der Waals surface area (Å²) in [7, 11) is 0. The van der Waals surface area contributed by atoms with E-state index in [1.165, 1.54) is 23.9 Å². The minimum Gasteiger partial charge on any atom is -0.355 e. The maximum atomic E-state index is 12.5. The van der Waals surface area contributed by atoms with Gasteiger partial charge in [0.05, 0.1) is 0 Å². The number of piperidine rings is 1. The molecule has 1 N–H and O–H groups in total. The summed E-state index contributed by atoms with van der Waals surface area (Å²) in [5, 5.41) is 19.0. The Bertz CT molecular complexity index is 701. The second-order valence-electron chi connectivity index (χ2n) is 6.82. The van der Waals surface area contributed by atoms with Gasteiger partial charge in [0.25, 0.3) is 0 Å². The Hall–Kier alpha value is -2.25.